The van der Waals surface area contributed by atoms with Gasteiger partial charge in [-0.05, 0) is 26.1 Å². The number of hydrogen-bond donors (Lipinski definition) is 2. The lowest BCUT2D eigenvalue weighted by Gasteiger charge is -2.34. The van der Waals surface area contributed by atoms with Crippen molar-refractivity contribution in [3.63, 3.8) is 0 Å². The number of aliphatic carboxylic acids is 1. The predicted molar refractivity (Wildman–Crippen MR) is 83.4 cm³/mol. The molecule has 0 radical (unpaired) electrons. The summed E-state index contributed by atoms with van der Waals surface area (Å²) < 4.78 is 5.34. The fourth-order valence-electron chi connectivity index (χ4n) is 2.39. The van der Waals surface area contributed by atoms with Gasteiger partial charge in [0.15, 0.2) is 5.54 Å². The third-order valence-corrected chi connectivity index (χ3v) is 3.44. The van der Waals surface area contributed by atoms with E-state index in [1.807, 2.05) is 56.1 Å². The van der Waals surface area contributed by atoms with Crippen LogP contribution in [0, 0.1) is 0 Å². The molecule has 118 valence electrons. The normalized spacial score (nSPS) is 14.1. The van der Waals surface area contributed by atoms with Crippen molar-refractivity contribution in [1.29, 1.82) is 0 Å². The monoisotopic (exact) mass is 294 g/mol. The minimum atomic E-state index is -1.10. The van der Waals surface area contributed by atoms with Gasteiger partial charge in [0.25, 0.3) is 0 Å². The Morgan fingerprint density at radius 1 is 1.33 bits per heavy atom. The minimum absolute atomic E-state index is 0.382. The highest BCUT2D eigenvalue weighted by molar-refractivity contribution is 5.81. The highest BCUT2D eigenvalue weighted by atomic mass is 16.5. The first-order chi connectivity index (χ1) is 10.1. The van der Waals surface area contributed by atoms with Gasteiger partial charge in [0.2, 0.25) is 0 Å². The highest BCUT2D eigenvalue weighted by Crippen LogP contribution is 2.22. The number of benzene rings is 1. The van der Waals surface area contributed by atoms with Gasteiger partial charge in [-0.25, -0.2) is 4.79 Å². The van der Waals surface area contributed by atoms with Gasteiger partial charge in [0.1, 0.15) is 0 Å². The topological polar surface area (TPSA) is 61.8 Å². The zero-order valence-corrected chi connectivity index (χ0v) is 13.1. The molecule has 21 heavy (non-hydrogen) atoms. The van der Waals surface area contributed by atoms with Crippen molar-refractivity contribution in [3.8, 4) is 0 Å². The summed E-state index contributed by atoms with van der Waals surface area (Å²) in [5.74, 6) is -0.862. The number of carboxylic acids is 1. The summed E-state index contributed by atoms with van der Waals surface area (Å²) in [6.45, 7) is 6.80. The van der Waals surface area contributed by atoms with Crippen LogP contribution in [0.5, 0.6) is 0 Å². The quantitative estimate of drug-likeness (QED) is 0.641. The van der Waals surface area contributed by atoms with E-state index < -0.39 is 11.5 Å². The lowest BCUT2D eigenvalue weighted by Crippen LogP contribution is -2.56. The second-order valence-corrected chi connectivity index (χ2v) is 5.04. The predicted octanol–water partition coefficient (Wildman–Crippen LogP) is 1.54. The summed E-state index contributed by atoms with van der Waals surface area (Å²) in [4.78, 5) is 13.9. The smallest absolute Gasteiger partial charge is 0.329 e. The van der Waals surface area contributed by atoms with Crippen LogP contribution in [0.3, 0.4) is 0 Å². The third kappa shape index (κ3) is 4.81. The van der Waals surface area contributed by atoms with Crippen LogP contribution in [0.15, 0.2) is 30.3 Å². The number of hydrogen-bond acceptors (Lipinski definition) is 4. The van der Waals surface area contributed by atoms with E-state index in [0.717, 1.165) is 5.56 Å². The number of nitrogens with one attached hydrogen (secondary N) is 1. The summed E-state index contributed by atoms with van der Waals surface area (Å²) >= 11 is 0. The number of likely N-dealkylation sites (N-methyl/N-ethyl adjacent to an activating group) is 2. The molecule has 0 fully saturated rings. The second-order valence-electron chi connectivity index (χ2n) is 5.04. The van der Waals surface area contributed by atoms with Crippen LogP contribution >= 0.6 is 0 Å². The Kier molecular flexibility index (Phi) is 7.36. The van der Waals surface area contributed by atoms with E-state index >= 15 is 0 Å². The van der Waals surface area contributed by atoms with Gasteiger partial charge in [0.05, 0.1) is 6.61 Å². The third-order valence-electron chi connectivity index (χ3n) is 3.44. The molecule has 0 saturated carbocycles. The molecule has 5 heteroatoms. The Morgan fingerprint density at radius 2 is 2.00 bits per heavy atom. The van der Waals surface area contributed by atoms with Crippen molar-refractivity contribution >= 4 is 5.97 Å². The summed E-state index contributed by atoms with van der Waals surface area (Å²) in [6, 6.07) is 9.33. The summed E-state index contributed by atoms with van der Waals surface area (Å²) in [5, 5.41) is 13.0. The number of carboxylic acid groups (broad SMARTS) is 1. The molecule has 1 atom stereocenters. The summed E-state index contributed by atoms with van der Waals surface area (Å²) in [6.07, 6.45) is 0. The standard InChI is InChI=1S/C16H26N2O3/c1-4-17-16(15(19)20,14-9-7-6-8-10-14)13-18(3)11-12-21-5-2/h6-10,17H,4-5,11-13H2,1-3H3,(H,19,20). The number of nitrogens with zero attached hydrogens (tertiary/aromatic N) is 1. The van der Waals surface area contributed by atoms with Crippen molar-refractivity contribution in [2.75, 3.05) is 39.9 Å². The molecule has 0 aliphatic carbocycles. The molecule has 0 aromatic heterocycles. The molecule has 0 spiro atoms. The van der Waals surface area contributed by atoms with Gasteiger partial charge in [-0.1, -0.05) is 37.3 Å². The number of ether oxygens (including phenoxy) is 1. The van der Waals surface area contributed by atoms with Crippen molar-refractivity contribution in [2.45, 2.75) is 19.4 Å². The minimum Gasteiger partial charge on any atom is -0.480 e. The van der Waals surface area contributed by atoms with Gasteiger partial charge in [-0.2, -0.15) is 0 Å². The van der Waals surface area contributed by atoms with E-state index in [4.69, 9.17) is 4.74 Å². The van der Waals surface area contributed by atoms with E-state index in [9.17, 15) is 9.90 Å². The van der Waals surface area contributed by atoms with Crippen molar-refractivity contribution in [3.05, 3.63) is 35.9 Å². The molecule has 1 rings (SSSR count). The van der Waals surface area contributed by atoms with Crippen LogP contribution < -0.4 is 5.32 Å². The van der Waals surface area contributed by atoms with E-state index in [1.54, 1.807) is 0 Å². The zero-order valence-electron chi connectivity index (χ0n) is 13.1. The molecule has 0 bridgehead atoms. The Morgan fingerprint density at radius 3 is 2.52 bits per heavy atom. The molecule has 0 saturated heterocycles. The van der Waals surface area contributed by atoms with Crippen LogP contribution in [0.4, 0.5) is 0 Å². The van der Waals surface area contributed by atoms with Crippen molar-refractivity contribution in [2.24, 2.45) is 0 Å². The first-order valence-electron chi connectivity index (χ1n) is 7.37. The van der Waals surface area contributed by atoms with Crippen molar-refractivity contribution < 1.29 is 14.6 Å². The summed E-state index contributed by atoms with van der Waals surface area (Å²) in [5.41, 5.74) is -0.334. The van der Waals surface area contributed by atoms with Crippen LogP contribution in [0.25, 0.3) is 0 Å². The average molecular weight is 294 g/mol. The Bertz CT molecular complexity index is 425. The Hall–Kier alpha value is -1.43. The largest absolute Gasteiger partial charge is 0.480 e. The van der Waals surface area contributed by atoms with Crippen LogP contribution in [-0.2, 0) is 15.1 Å². The Balaban J connectivity index is 2.94. The molecular weight excluding hydrogens is 268 g/mol. The first-order valence-corrected chi connectivity index (χ1v) is 7.37. The molecule has 2 N–H and O–H groups in total. The zero-order chi connectivity index (χ0) is 15.7. The molecule has 0 amide bonds. The molecular formula is C16H26N2O3. The van der Waals surface area contributed by atoms with Gasteiger partial charge in [0, 0.05) is 19.7 Å². The number of rotatable bonds is 10. The van der Waals surface area contributed by atoms with E-state index in [2.05, 4.69) is 5.32 Å². The van der Waals surface area contributed by atoms with Crippen LogP contribution in [0.1, 0.15) is 19.4 Å². The van der Waals surface area contributed by atoms with E-state index in [-0.39, 0.29) is 0 Å². The molecule has 1 unspecified atom stereocenters. The molecule has 5 nitrogen and oxygen atoms in total. The van der Waals surface area contributed by atoms with Gasteiger partial charge < -0.3 is 14.7 Å². The van der Waals surface area contributed by atoms with Gasteiger partial charge >= 0.3 is 5.97 Å². The van der Waals surface area contributed by atoms with E-state index in [0.29, 0.717) is 32.8 Å². The lowest BCUT2D eigenvalue weighted by atomic mass is 9.89. The number of carbonyl (C=O) groups is 1. The fraction of sp³-hybridized carbons (Fsp3) is 0.562. The molecule has 0 heterocycles. The van der Waals surface area contributed by atoms with E-state index in [1.165, 1.54) is 0 Å². The molecule has 0 aliphatic heterocycles. The van der Waals surface area contributed by atoms with Crippen LogP contribution in [0.2, 0.25) is 0 Å². The molecule has 1 aromatic carbocycles. The average Bonchev–Trinajstić information content (AvgIpc) is 2.47. The SMILES string of the molecule is CCNC(CN(C)CCOCC)(C(=O)O)c1ccccc1. The fourth-order valence-corrected chi connectivity index (χ4v) is 2.39. The highest BCUT2D eigenvalue weighted by Gasteiger charge is 2.40. The second kappa shape index (κ2) is 8.77. The van der Waals surface area contributed by atoms with Gasteiger partial charge in [-0.15, -0.1) is 0 Å². The summed E-state index contributed by atoms with van der Waals surface area (Å²) in [7, 11) is 1.91. The Labute approximate surface area is 126 Å². The van der Waals surface area contributed by atoms with Crippen LogP contribution in [-0.4, -0.2) is 55.9 Å². The van der Waals surface area contributed by atoms with Gasteiger partial charge in [-0.3, -0.25) is 5.32 Å². The molecule has 0 aliphatic rings. The molecule has 1 aromatic rings. The maximum atomic E-state index is 12.0. The first kappa shape index (κ1) is 17.6. The lowest BCUT2D eigenvalue weighted by molar-refractivity contribution is -0.146. The van der Waals surface area contributed by atoms with Crippen molar-refractivity contribution in [1.82, 2.24) is 10.2 Å². The maximum absolute atomic E-state index is 12.0. The maximum Gasteiger partial charge on any atom is 0.329 e.